The van der Waals surface area contributed by atoms with Crippen LogP contribution in [0.15, 0.2) is 94.3 Å². The summed E-state index contributed by atoms with van der Waals surface area (Å²) in [5, 5.41) is 6.10. The van der Waals surface area contributed by atoms with Crippen LogP contribution in [0.4, 0.5) is 16.3 Å². The average Bonchev–Trinajstić information content (AvgIpc) is 2.90. The van der Waals surface area contributed by atoms with Crippen LogP contribution in [0.2, 0.25) is 10.0 Å². The van der Waals surface area contributed by atoms with E-state index in [2.05, 4.69) is 20.0 Å². The van der Waals surface area contributed by atoms with Crippen LogP contribution < -0.4 is 16.4 Å². The molecule has 0 aliphatic rings. The van der Waals surface area contributed by atoms with Crippen LogP contribution >= 0.6 is 23.2 Å². The Labute approximate surface area is 234 Å². The van der Waals surface area contributed by atoms with Crippen molar-refractivity contribution < 1.29 is 18.6 Å². The maximum atomic E-state index is 13.0. The third kappa shape index (κ3) is 6.80. The summed E-state index contributed by atoms with van der Waals surface area (Å²) in [4.78, 5) is 41.6. The summed E-state index contributed by atoms with van der Waals surface area (Å²) in [5.74, 6) is -0.727. The minimum absolute atomic E-state index is 0.133. The fourth-order valence-corrected chi connectivity index (χ4v) is 5.35. The molecule has 1 aromatic heterocycles. The van der Waals surface area contributed by atoms with E-state index in [4.69, 9.17) is 28.9 Å². The predicted molar refractivity (Wildman–Crippen MR) is 153 cm³/mol. The highest BCUT2D eigenvalue weighted by Gasteiger charge is 2.18. The molecule has 1 atom stereocenters. The van der Waals surface area contributed by atoms with Crippen LogP contribution in [0.5, 0.6) is 0 Å². The van der Waals surface area contributed by atoms with Gasteiger partial charge in [-0.15, -0.1) is 4.36 Å². The van der Waals surface area contributed by atoms with E-state index >= 15 is 0 Å². The molecule has 4 amide bonds. The summed E-state index contributed by atoms with van der Waals surface area (Å²) in [6, 6.07) is 19.9. The fourth-order valence-electron chi connectivity index (χ4n) is 3.70. The van der Waals surface area contributed by atoms with Gasteiger partial charge in [0.25, 0.3) is 11.8 Å². The number of halogens is 2. The Kier molecular flexibility index (Phi) is 8.29. The zero-order valence-electron chi connectivity index (χ0n) is 20.4. The molecule has 4 N–H and O–H groups in total. The summed E-state index contributed by atoms with van der Waals surface area (Å²) < 4.78 is 16.6. The topological polar surface area (TPSA) is 144 Å². The van der Waals surface area contributed by atoms with Gasteiger partial charge in [-0.2, -0.15) is 0 Å². The van der Waals surface area contributed by atoms with E-state index in [1.54, 1.807) is 66.7 Å². The molecule has 0 aliphatic carbocycles. The van der Waals surface area contributed by atoms with Gasteiger partial charge in [0, 0.05) is 23.0 Å². The lowest BCUT2D eigenvalue weighted by molar-refractivity contribution is 0.102. The van der Waals surface area contributed by atoms with Gasteiger partial charge < -0.3 is 16.4 Å². The zero-order chi connectivity index (χ0) is 28.2. The fraction of sp³-hybridized carbons (Fsp3) is 0.0370. The van der Waals surface area contributed by atoms with Crippen molar-refractivity contribution in [3.05, 3.63) is 106 Å². The van der Waals surface area contributed by atoms with E-state index in [9.17, 15) is 18.6 Å². The highest BCUT2D eigenvalue weighted by atomic mass is 35.5. The van der Waals surface area contributed by atoms with Crippen LogP contribution in [0.3, 0.4) is 0 Å². The van der Waals surface area contributed by atoms with Gasteiger partial charge in [-0.05, 0) is 59.7 Å². The van der Waals surface area contributed by atoms with Crippen molar-refractivity contribution in [1.29, 1.82) is 0 Å². The lowest BCUT2D eigenvalue weighted by atomic mass is 10.0. The molecule has 1 heterocycles. The second kappa shape index (κ2) is 11.6. The number of carbonyl (C=O) groups is 3. The van der Waals surface area contributed by atoms with E-state index < -0.39 is 27.6 Å². The first-order valence-corrected chi connectivity index (χ1v) is 14.0. The number of pyridine rings is 1. The van der Waals surface area contributed by atoms with E-state index in [1.807, 2.05) is 0 Å². The smallest absolute Gasteiger partial charge is 0.346 e. The van der Waals surface area contributed by atoms with Gasteiger partial charge in [0.15, 0.2) is 0 Å². The number of hydrogen-bond donors (Lipinski definition) is 3. The van der Waals surface area contributed by atoms with Crippen LogP contribution in [0.1, 0.15) is 20.7 Å². The minimum Gasteiger partial charge on any atom is -0.349 e. The summed E-state index contributed by atoms with van der Waals surface area (Å²) in [6.45, 7) is 0. The molecular formula is C27H21Cl2N5O4S. The SMILES string of the molecule is CS(=O)(=NC(N)=O)c1ccccc1-c1ccc(C(=O)Nc2ccc(Cl)cc2C(=O)Nc2ccc(Cl)cn2)cc1. The molecule has 9 nitrogen and oxygen atoms in total. The molecule has 12 heteroatoms. The Morgan fingerprint density at radius 1 is 0.872 bits per heavy atom. The number of carbonyl (C=O) groups excluding carboxylic acids is 3. The number of rotatable bonds is 6. The van der Waals surface area contributed by atoms with Gasteiger partial charge in [-0.1, -0.05) is 53.5 Å². The zero-order valence-corrected chi connectivity index (χ0v) is 22.7. The van der Waals surface area contributed by atoms with E-state index in [1.165, 1.54) is 24.6 Å². The number of amides is 4. The largest absolute Gasteiger partial charge is 0.349 e. The van der Waals surface area contributed by atoms with Crippen LogP contribution in [-0.2, 0) is 9.73 Å². The molecule has 3 aromatic carbocycles. The molecule has 0 radical (unpaired) electrons. The number of aromatic nitrogens is 1. The number of nitrogens with two attached hydrogens (primary N) is 1. The molecule has 0 spiro atoms. The summed E-state index contributed by atoms with van der Waals surface area (Å²) in [5.41, 5.74) is 7.04. The Morgan fingerprint density at radius 3 is 2.23 bits per heavy atom. The van der Waals surface area contributed by atoms with E-state index in [0.29, 0.717) is 31.6 Å². The molecule has 39 heavy (non-hydrogen) atoms. The summed E-state index contributed by atoms with van der Waals surface area (Å²) >= 11 is 12.0. The van der Waals surface area contributed by atoms with Gasteiger partial charge in [-0.3, -0.25) is 9.59 Å². The number of urea groups is 1. The van der Waals surface area contributed by atoms with Crippen molar-refractivity contribution in [2.45, 2.75) is 4.90 Å². The number of nitrogens with one attached hydrogen (secondary N) is 2. The molecule has 198 valence electrons. The minimum atomic E-state index is -3.09. The van der Waals surface area contributed by atoms with Crippen LogP contribution in [0, 0.1) is 0 Å². The summed E-state index contributed by atoms with van der Waals surface area (Å²) in [7, 11) is -3.09. The Morgan fingerprint density at radius 2 is 1.56 bits per heavy atom. The third-order valence-electron chi connectivity index (χ3n) is 5.46. The Hall–Kier alpha value is -4.25. The molecule has 0 saturated heterocycles. The van der Waals surface area contributed by atoms with Crippen molar-refractivity contribution in [3.63, 3.8) is 0 Å². The lowest BCUT2D eigenvalue weighted by Gasteiger charge is -2.13. The first-order valence-electron chi connectivity index (χ1n) is 11.3. The maximum absolute atomic E-state index is 13.0. The second-order valence-electron chi connectivity index (χ2n) is 8.27. The maximum Gasteiger partial charge on any atom is 0.346 e. The van der Waals surface area contributed by atoms with Crippen molar-refractivity contribution in [2.24, 2.45) is 10.1 Å². The molecule has 4 rings (SSSR count). The lowest BCUT2D eigenvalue weighted by Crippen LogP contribution is -2.18. The molecule has 4 aromatic rings. The first kappa shape index (κ1) is 27.8. The highest BCUT2D eigenvalue weighted by Crippen LogP contribution is 2.29. The molecule has 0 saturated carbocycles. The molecule has 1 unspecified atom stereocenters. The van der Waals surface area contributed by atoms with Gasteiger partial charge in [0.1, 0.15) is 5.82 Å². The van der Waals surface area contributed by atoms with Gasteiger partial charge in [-0.25, -0.2) is 14.0 Å². The van der Waals surface area contributed by atoms with Crippen molar-refractivity contribution in [2.75, 3.05) is 16.9 Å². The predicted octanol–water partition coefficient (Wildman–Crippen LogP) is 6.10. The van der Waals surface area contributed by atoms with Gasteiger partial charge >= 0.3 is 6.03 Å². The second-order valence-corrected chi connectivity index (χ2v) is 11.4. The van der Waals surface area contributed by atoms with Crippen molar-refractivity contribution in [3.8, 4) is 11.1 Å². The van der Waals surface area contributed by atoms with E-state index in [0.717, 1.165) is 0 Å². The van der Waals surface area contributed by atoms with E-state index in [-0.39, 0.29) is 17.1 Å². The number of hydrogen-bond acceptors (Lipinski definition) is 5. The normalized spacial score (nSPS) is 12.2. The highest BCUT2D eigenvalue weighted by molar-refractivity contribution is 7.93. The quantitative estimate of drug-likeness (QED) is 0.252. The average molecular weight is 582 g/mol. The monoisotopic (exact) mass is 581 g/mol. The van der Waals surface area contributed by atoms with Gasteiger partial charge in [0.05, 0.1) is 30.9 Å². The molecule has 0 bridgehead atoms. The standard InChI is InChI=1S/C27H21Cl2N5O4S/c1-39(38,34-27(30)37)23-5-3-2-4-20(23)16-6-8-17(9-7-16)25(35)32-22-12-10-18(28)14-21(22)26(36)33-24-13-11-19(29)15-31-24/h2-15H,1H3,(H2,30,37)(H,32,35)(H,31,33,36). The number of nitrogens with zero attached hydrogens (tertiary/aromatic N) is 2. The Bertz CT molecular complexity index is 1700. The van der Waals surface area contributed by atoms with Crippen LogP contribution in [-0.4, -0.2) is 33.3 Å². The van der Waals surface area contributed by atoms with Gasteiger partial charge in [0.2, 0.25) is 0 Å². The Balaban J connectivity index is 1.58. The number of benzene rings is 3. The molecule has 0 fully saturated rings. The number of primary amides is 1. The van der Waals surface area contributed by atoms with Crippen molar-refractivity contribution in [1.82, 2.24) is 4.98 Å². The van der Waals surface area contributed by atoms with Crippen LogP contribution in [0.25, 0.3) is 11.1 Å². The summed E-state index contributed by atoms with van der Waals surface area (Å²) in [6.07, 6.45) is 2.73. The number of anilines is 2. The molecular weight excluding hydrogens is 561 g/mol. The van der Waals surface area contributed by atoms with Crippen molar-refractivity contribution >= 4 is 62.3 Å². The first-order chi connectivity index (χ1) is 18.5. The molecule has 0 aliphatic heterocycles. The third-order valence-corrected chi connectivity index (χ3v) is 7.62.